The van der Waals surface area contributed by atoms with E-state index in [0.717, 1.165) is 38.5 Å². The minimum Gasteiger partial charge on any atom is -0.310 e. The number of carbonyl (C=O) groups excluding carboxylic acids is 2. The van der Waals surface area contributed by atoms with Crippen molar-refractivity contribution in [3.05, 3.63) is 23.4 Å². The molecule has 2 saturated carbocycles. The molecule has 2 fully saturated rings. The second kappa shape index (κ2) is 5.18. The predicted molar refractivity (Wildman–Crippen MR) is 83.5 cm³/mol. The molecule has 0 radical (unpaired) electrons. The third-order valence-corrected chi connectivity index (χ3v) is 5.82. The van der Waals surface area contributed by atoms with E-state index >= 15 is 0 Å². The molecule has 116 valence electrons. The van der Waals surface area contributed by atoms with E-state index in [1.54, 1.807) is 0 Å². The summed E-state index contributed by atoms with van der Waals surface area (Å²) in [5.74, 6) is 1.29. The first kappa shape index (κ1) is 13.9. The summed E-state index contributed by atoms with van der Waals surface area (Å²) in [6.07, 6.45) is 10.6. The normalized spacial score (nSPS) is 23.2. The molecule has 0 atom stereocenters. The Morgan fingerprint density at radius 3 is 2.64 bits per heavy atom. The molecular weight excluding hydrogens is 276 g/mol. The average Bonchev–Trinajstić information content (AvgIpc) is 2.93. The van der Waals surface area contributed by atoms with Crippen LogP contribution in [0.5, 0.6) is 0 Å². The van der Waals surface area contributed by atoms with Gasteiger partial charge >= 0.3 is 0 Å². The predicted octanol–water partition coefficient (Wildman–Crippen LogP) is 3.05. The lowest BCUT2D eigenvalue weighted by Gasteiger charge is -2.49. The van der Waals surface area contributed by atoms with Gasteiger partial charge in [-0.2, -0.15) is 0 Å². The number of carbonyl (C=O) groups is 2. The molecule has 4 heteroatoms. The van der Waals surface area contributed by atoms with Gasteiger partial charge in [0.2, 0.25) is 5.91 Å². The highest BCUT2D eigenvalue weighted by Crippen LogP contribution is 2.54. The number of hydrogen-bond donors (Lipinski definition) is 1. The molecule has 3 aliphatic rings. The number of anilines is 1. The lowest BCUT2D eigenvalue weighted by atomic mass is 9.55. The maximum Gasteiger partial charge on any atom is 0.228 e. The van der Waals surface area contributed by atoms with Crippen molar-refractivity contribution in [3.63, 3.8) is 0 Å². The summed E-state index contributed by atoms with van der Waals surface area (Å²) in [5.41, 5.74) is 2.94. The molecule has 0 saturated heterocycles. The molecule has 0 aromatic carbocycles. The molecule has 4 nitrogen and oxygen atoms in total. The molecule has 1 aromatic heterocycles. The highest BCUT2D eigenvalue weighted by Gasteiger charge is 2.48. The number of hydrogen-bond acceptors (Lipinski definition) is 3. The van der Waals surface area contributed by atoms with E-state index < -0.39 is 0 Å². The number of aryl methyl sites for hydroxylation is 2. The fraction of sp³-hybridized carbons (Fsp3) is 0.611. The van der Waals surface area contributed by atoms with Gasteiger partial charge in [0.05, 0.1) is 0 Å². The molecule has 1 spiro atoms. The van der Waals surface area contributed by atoms with Gasteiger partial charge in [-0.25, -0.2) is 4.98 Å². The van der Waals surface area contributed by atoms with Crippen molar-refractivity contribution in [1.82, 2.24) is 4.98 Å². The molecule has 0 unspecified atom stereocenters. The van der Waals surface area contributed by atoms with Crippen LogP contribution >= 0.6 is 0 Å². The van der Waals surface area contributed by atoms with E-state index in [1.807, 2.05) is 12.3 Å². The van der Waals surface area contributed by atoms with E-state index in [9.17, 15) is 9.59 Å². The Kier molecular flexibility index (Phi) is 3.28. The minimum atomic E-state index is 0.100. The molecule has 0 bridgehead atoms. The largest absolute Gasteiger partial charge is 0.310 e. The number of rotatable bonds is 2. The zero-order valence-corrected chi connectivity index (χ0v) is 12.9. The van der Waals surface area contributed by atoms with Crippen LogP contribution in [0.3, 0.4) is 0 Å². The number of pyridine rings is 1. The van der Waals surface area contributed by atoms with Crippen LogP contribution in [0.2, 0.25) is 0 Å². The van der Waals surface area contributed by atoms with Crippen molar-refractivity contribution < 1.29 is 9.59 Å². The fourth-order valence-electron chi connectivity index (χ4n) is 4.39. The first-order valence-corrected chi connectivity index (χ1v) is 8.44. The van der Waals surface area contributed by atoms with Gasteiger partial charge in [0, 0.05) is 25.0 Å². The zero-order chi connectivity index (χ0) is 15.2. The average molecular weight is 298 g/mol. The monoisotopic (exact) mass is 298 g/mol. The molecule has 3 aliphatic carbocycles. The van der Waals surface area contributed by atoms with E-state index in [2.05, 4.69) is 10.3 Å². The summed E-state index contributed by atoms with van der Waals surface area (Å²) in [6.45, 7) is 0. The maximum atomic E-state index is 12.4. The van der Waals surface area contributed by atoms with Crippen LogP contribution in [-0.2, 0) is 22.4 Å². The highest BCUT2D eigenvalue weighted by molar-refractivity contribution is 5.92. The van der Waals surface area contributed by atoms with Crippen molar-refractivity contribution in [2.45, 2.75) is 57.8 Å². The number of nitrogens with one attached hydrogen (secondary N) is 1. The van der Waals surface area contributed by atoms with Gasteiger partial charge in [0.1, 0.15) is 11.6 Å². The second-order valence-corrected chi connectivity index (χ2v) is 7.32. The van der Waals surface area contributed by atoms with Gasteiger partial charge in [-0.3, -0.25) is 9.59 Å². The van der Waals surface area contributed by atoms with Crippen molar-refractivity contribution in [2.75, 3.05) is 5.32 Å². The van der Waals surface area contributed by atoms with Crippen molar-refractivity contribution in [2.24, 2.45) is 11.3 Å². The lowest BCUT2D eigenvalue weighted by molar-refractivity contribution is -0.132. The van der Waals surface area contributed by atoms with Crippen molar-refractivity contribution in [3.8, 4) is 0 Å². The van der Waals surface area contributed by atoms with Gasteiger partial charge in [-0.15, -0.1) is 0 Å². The van der Waals surface area contributed by atoms with Crippen LogP contribution < -0.4 is 5.32 Å². The molecule has 1 N–H and O–H groups in total. The third kappa shape index (κ3) is 2.44. The van der Waals surface area contributed by atoms with Crippen LogP contribution in [0.4, 0.5) is 5.82 Å². The fourth-order valence-corrected chi connectivity index (χ4v) is 4.39. The molecule has 0 aliphatic heterocycles. The third-order valence-electron chi connectivity index (χ3n) is 5.82. The van der Waals surface area contributed by atoms with E-state index in [0.29, 0.717) is 24.4 Å². The SMILES string of the molecule is O=C1CCC2(CC1)CC(C(=O)Nc1cc3c(cn1)CCC3)C2. The number of Topliss-reactive ketones (excluding diaryl/α,β-unsaturated/α-hetero) is 1. The number of amides is 1. The van der Waals surface area contributed by atoms with Crippen LogP contribution in [0.15, 0.2) is 12.3 Å². The Morgan fingerprint density at radius 2 is 1.86 bits per heavy atom. The smallest absolute Gasteiger partial charge is 0.228 e. The van der Waals surface area contributed by atoms with Crippen LogP contribution in [0.25, 0.3) is 0 Å². The van der Waals surface area contributed by atoms with Crippen LogP contribution in [-0.4, -0.2) is 16.7 Å². The molecule has 1 heterocycles. The maximum absolute atomic E-state index is 12.4. The summed E-state index contributed by atoms with van der Waals surface area (Å²) < 4.78 is 0. The number of ketones is 1. The summed E-state index contributed by atoms with van der Waals surface area (Å²) in [6, 6.07) is 2.04. The number of fused-ring (bicyclic) bond motifs is 1. The lowest BCUT2D eigenvalue weighted by Crippen LogP contribution is -2.45. The summed E-state index contributed by atoms with van der Waals surface area (Å²) >= 11 is 0. The van der Waals surface area contributed by atoms with Crippen molar-refractivity contribution >= 4 is 17.5 Å². The van der Waals surface area contributed by atoms with Gasteiger partial charge in [0.15, 0.2) is 0 Å². The van der Waals surface area contributed by atoms with E-state index in [4.69, 9.17) is 0 Å². The number of nitrogens with zero attached hydrogens (tertiary/aromatic N) is 1. The summed E-state index contributed by atoms with van der Waals surface area (Å²) in [7, 11) is 0. The standard InChI is InChI=1S/C18H22N2O2/c21-15-4-6-18(7-5-15)9-14(10-18)17(22)20-16-8-12-2-1-3-13(12)11-19-16/h8,11,14H,1-7,9-10H2,(H,19,20,22). The first-order chi connectivity index (χ1) is 10.6. The molecule has 1 aromatic rings. The first-order valence-electron chi connectivity index (χ1n) is 8.44. The van der Waals surface area contributed by atoms with E-state index in [1.165, 1.54) is 17.5 Å². The Morgan fingerprint density at radius 1 is 1.14 bits per heavy atom. The molecule has 4 rings (SSSR count). The van der Waals surface area contributed by atoms with Gasteiger partial charge in [-0.05, 0) is 67.6 Å². The minimum absolute atomic E-state index is 0.100. The molecular formula is C18H22N2O2. The van der Waals surface area contributed by atoms with E-state index in [-0.39, 0.29) is 17.2 Å². The Labute approximate surface area is 130 Å². The Balaban J connectivity index is 1.35. The van der Waals surface area contributed by atoms with Crippen molar-refractivity contribution in [1.29, 1.82) is 0 Å². The van der Waals surface area contributed by atoms with Gasteiger partial charge in [0.25, 0.3) is 0 Å². The topological polar surface area (TPSA) is 59.1 Å². The zero-order valence-electron chi connectivity index (χ0n) is 12.9. The van der Waals surface area contributed by atoms with Gasteiger partial charge in [-0.1, -0.05) is 0 Å². The molecule has 22 heavy (non-hydrogen) atoms. The Bertz CT molecular complexity index is 620. The quantitative estimate of drug-likeness (QED) is 0.913. The second-order valence-electron chi connectivity index (χ2n) is 7.32. The summed E-state index contributed by atoms with van der Waals surface area (Å²) in [4.78, 5) is 28.1. The van der Waals surface area contributed by atoms with Crippen LogP contribution in [0, 0.1) is 11.3 Å². The highest BCUT2D eigenvalue weighted by atomic mass is 16.2. The summed E-state index contributed by atoms with van der Waals surface area (Å²) in [5, 5.41) is 2.99. The van der Waals surface area contributed by atoms with Crippen LogP contribution in [0.1, 0.15) is 56.1 Å². The number of aromatic nitrogens is 1. The molecule has 1 amide bonds. The Hall–Kier alpha value is -1.71. The van der Waals surface area contributed by atoms with Gasteiger partial charge < -0.3 is 5.32 Å².